The van der Waals surface area contributed by atoms with Crippen molar-refractivity contribution in [2.24, 2.45) is 15.9 Å². The Bertz CT molecular complexity index is 1170. The van der Waals surface area contributed by atoms with Crippen LogP contribution in [-0.4, -0.2) is 63.9 Å². The summed E-state index contributed by atoms with van der Waals surface area (Å²) in [5, 5.41) is 3.61. The molecule has 2 aromatic rings. The smallest absolute Gasteiger partial charge is 0.445 e. The van der Waals surface area contributed by atoms with E-state index in [1.54, 1.807) is 36.4 Å². The highest BCUT2D eigenvalue weighted by atomic mass is 35.5. The van der Waals surface area contributed by atoms with Gasteiger partial charge in [-0.15, -0.1) is 0 Å². The summed E-state index contributed by atoms with van der Waals surface area (Å²) in [6.07, 6.45) is 1.48. The number of furan rings is 1. The summed E-state index contributed by atoms with van der Waals surface area (Å²) in [6.45, 7) is 0. The molecule has 158 valence electrons. The summed E-state index contributed by atoms with van der Waals surface area (Å²) in [5.41, 5.74) is 0.563. The van der Waals surface area contributed by atoms with Gasteiger partial charge >= 0.3 is 11.9 Å². The lowest BCUT2D eigenvalue weighted by Crippen LogP contribution is -2.54. The number of halogens is 1. The number of rotatable bonds is 4. The molecule has 1 aromatic carbocycles. The lowest BCUT2D eigenvalue weighted by Gasteiger charge is -2.26. The molecule has 31 heavy (non-hydrogen) atoms. The highest BCUT2D eigenvalue weighted by Crippen LogP contribution is 2.27. The summed E-state index contributed by atoms with van der Waals surface area (Å²) in [6, 6.07) is 9.66. The molecule has 1 unspecified atom stereocenters. The number of fused-ring (bicyclic) bond motifs is 1. The summed E-state index contributed by atoms with van der Waals surface area (Å²) >= 11 is 7.05. The molecule has 11 heteroatoms. The highest BCUT2D eigenvalue weighted by molar-refractivity contribution is 8.14. The molecule has 0 radical (unpaired) electrons. The minimum atomic E-state index is -0.879. The summed E-state index contributed by atoms with van der Waals surface area (Å²) < 4.78 is 6.68. The van der Waals surface area contributed by atoms with Crippen LogP contribution in [0.25, 0.3) is 0 Å². The number of aliphatic imine (C=N–C) groups is 2. The van der Waals surface area contributed by atoms with Gasteiger partial charge in [0.05, 0.1) is 26.1 Å². The van der Waals surface area contributed by atoms with Gasteiger partial charge in [-0.25, -0.2) is 9.79 Å². The van der Waals surface area contributed by atoms with Crippen molar-refractivity contribution < 1.29 is 23.4 Å². The van der Waals surface area contributed by atoms with E-state index in [9.17, 15) is 14.4 Å². The van der Waals surface area contributed by atoms with Crippen LogP contribution in [0.4, 0.5) is 10.5 Å². The van der Waals surface area contributed by atoms with Crippen molar-refractivity contribution in [3.05, 3.63) is 53.4 Å². The van der Waals surface area contributed by atoms with Crippen LogP contribution in [0.5, 0.6) is 0 Å². The maximum absolute atomic E-state index is 12.8. The Balaban J connectivity index is 1.61. The van der Waals surface area contributed by atoms with Crippen molar-refractivity contribution >= 4 is 63.6 Å². The number of hydrogen-bond donors (Lipinski definition) is 1. The Hall–Kier alpha value is -3.24. The number of amides is 4. The maximum Gasteiger partial charge on any atom is 0.445 e. The largest absolute Gasteiger partial charge is 0.459 e. The number of thioether (sulfide) groups is 1. The molecule has 1 N–H and O–H groups in total. The average molecular weight is 459 g/mol. The molecule has 0 saturated carbocycles. The first kappa shape index (κ1) is 21.0. The number of hydrogen-bond acceptors (Lipinski definition) is 7. The summed E-state index contributed by atoms with van der Waals surface area (Å²) in [5.74, 6) is -0.773. The SMILES string of the molecule is CN1C(=O)C2C(SCC(=O)Nc3cccc(Cl)c3)=NC(c3ccco3)=NC2=[N+](C)C1=O. The molecule has 0 saturated heterocycles. The molecule has 0 bridgehead atoms. The number of benzene rings is 1. The van der Waals surface area contributed by atoms with Gasteiger partial charge in [0.1, 0.15) is 5.04 Å². The van der Waals surface area contributed by atoms with Crippen LogP contribution in [0.1, 0.15) is 5.76 Å². The van der Waals surface area contributed by atoms with Gasteiger partial charge in [0.25, 0.3) is 11.7 Å². The number of carbonyl (C=O) groups is 3. The van der Waals surface area contributed by atoms with Crippen molar-refractivity contribution in [3.63, 3.8) is 0 Å². The second-order valence-corrected chi connectivity index (χ2v) is 8.17. The number of urea groups is 1. The minimum Gasteiger partial charge on any atom is -0.459 e. The van der Waals surface area contributed by atoms with E-state index in [0.717, 1.165) is 16.7 Å². The molecule has 4 rings (SSSR count). The van der Waals surface area contributed by atoms with E-state index in [0.29, 0.717) is 21.5 Å². The number of imide groups is 1. The molecule has 9 nitrogen and oxygen atoms in total. The Morgan fingerprint density at radius 1 is 1.29 bits per heavy atom. The van der Waals surface area contributed by atoms with Crippen molar-refractivity contribution in [1.82, 2.24) is 4.90 Å². The molecule has 3 heterocycles. The fourth-order valence-electron chi connectivity index (χ4n) is 3.11. The van der Waals surface area contributed by atoms with Crippen LogP contribution in [-0.2, 0) is 9.59 Å². The zero-order valence-electron chi connectivity index (χ0n) is 16.5. The Kier molecular flexibility index (Phi) is 5.75. The van der Waals surface area contributed by atoms with Crippen LogP contribution in [0.15, 0.2) is 57.1 Å². The lowest BCUT2D eigenvalue weighted by atomic mass is 10.0. The van der Waals surface area contributed by atoms with Crippen LogP contribution in [0.3, 0.4) is 0 Å². The van der Waals surface area contributed by atoms with Crippen LogP contribution in [0, 0.1) is 5.92 Å². The predicted octanol–water partition coefficient (Wildman–Crippen LogP) is 2.71. The van der Waals surface area contributed by atoms with E-state index >= 15 is 0 Å². The predicted molar refractivity (Wildman–Crippen MR) is 118 cm³/mol. The Morgan fingerprint density at radius 2 is 2.10 bits per heavy atom. The van der Waals surface area contributed by atoms with E-state index in [2.05, 4.69) is 15.3 Å². The molecule has 2 aliphatic heterocycles. The first-order valence-corrected chi connectivity index (χ1v) is 10.5. The Labute approximate surface area is 186 Å². The molecular formula is C20H17ClN5O4S+. The average Bonchev–Trinajstić information content (AvgIpc) is 3.29. The molecule has 0 fully saturated rings. The van der Waals surface area contributed by atoms with E-state index in [-0.39, 0.29) is 23.3 Å². The quantitative estimate of drug-likeness (QED) is 0.709. The van der Waals surface area contributed by atoms with Crippen LogP contribution >= 0.6 is 23.4 Å². The lowest BCUT2D eigenvalue weighted by molar-refractivity contribution is -0.407. The molecule has 1 atom stereocenters. The molecule has 0 spiro atoms. The van der Waals surface area contributed by atoms with Crippen molar-refractivity contribution in [2.45, 2.75) is 0 Å². The van der Waals surface area contributed by atoms with Crippen molar-refractivity contribution in [2.75, 3.05) is 25.2 Å². The van der Waals surface area contributed by atoms with Gasteiger partial charge in [-0.1, -0.05) is 34.4 Å². The van der Waals surface area contributed by atoms with Gasteiger partial charge in [-0.3, -0.25) is 9.59 Å². The van der Waals surface area contributed by atoms with E-state index in [4.69, 9.17) is 16.0 Å². The topological polar surface area (TPSA) is 107 Å². The Morgan fingerprint density at radius 3 is 2.81 bits per heavy atom. The van der Waals surface area contributed by atoms with Crippen molar-refractivity contribution in [1.29, 1.82) is 0 Å². The van der Waals surface area contributed by atoms with Crippen LogP contribution < -0.4 is 5.32 Å². The van der Waals surface area contributed by atoms with E-state index in [1.165, 1.54) is 24.9 Å². The number of anilines is 1. The van der Waals surface area contributed by atoms with E-state index < -0.39 is 17.9 Å². The first-order chi connectivity index (χ1) is 14.8. The third kappa shape index (κ3) is 4.17. The highest BCUT2D eigenvalue weighted by Gasteiger charge is 2.49. The van der Waals surface area contributed by atoms with Gasteiger partial charge in [0.15, 0.2) is 11.7 Å². The van der Waals surface area contributed by atoms with E-state index in [1.807, 2.05) is 0 Å². The standard InChI is InChI=1S/C20H16ClN5O4S/c1-25-17-15(19(28)26(2)20(25)29)18(24-16(23-17)13-7-4-8-30-13)31-10-14(27)22-12-6-3-5-11(21)9-12/h3-9,15H,10H2,1-2H3/p+1. The van der Waals surface area contributed by atoms with Crippen LogP contribution in [0.2, 0.25) is 5.02 Å². The fraction of sp³-hybridized carbons (Fsp3) is 0.200. The molecule has 1 aromatic heterocycles. The third-order valence-corrected chi connectivity index (χ3v) is 5.90. The van der Waals surface area contributed by atoms with Gasteiger partial charge in [-0.2, -0.15) is 9.48 Å². The molecule has 2 aliphatic rings. The summed E-state index contributed by atoms with van der Waals surface area (Å²) in [4.78, 5) is 47.6. The minimum absolute atomic E-state index is 0.00475. The fourth-order valence-corrected chi connectivity index (χ4v) is 4.17. The number of nitrogens with one attached hydrogen (secondary N) is 1. The molecule has 0 aliphatic carbocycles. The molecular weight excluding hydrogens is 442 g/mol. The third-order valence-electron chi connectivity index (χ3n) is 4.64. The maximum atomic E-state index is 12.8. The van der Waals surface area contributed by atoms with Gasteiger partial charge in [-0.05, 0) is 30.3 Å². The second-order valence-electron chi connectivity index (χ2n) is 6.74. The second kappa shape index (κ2) is 8.48. The van der Waals surface area contributed by atoms with Gasteiger partial charge in [0, 0.05) is 10.7 Å². The van der Waals surface area contributed by atoms with Gasteiger partial charge < -0.3 is 9.73 Å². The first-order valence-electron chi connectivity index (χ1n) is 9.16. The van der Waals surface area contributed by atoms with Crippen molar-refractivity contribution in [3.8, 4) is 0 Å². The number of nitrogens with zero attached hydrogens (tertiary/aromatic N) is 4. The normalized spacial score (nSPS) is 18.5. The van der Waals surface area contributed by atoms with Gasteiger partial charge in [0.2, 0.25) is 5.91 Å². The zero-order chi connectivity index (χ0) is 22.1. The zero-order valence-corrected chi connectivity index (χ0v) is 18.1. The number of amidine groups is 2. The summed E-state index contributed by atoms with van der Waals surface area (Å²) in [7, 11) is 2.94. The monoisotopic (exact) mass is 458 g/mol. The number of carbonyl (C=O) groups excluding carboxylic acids is 3. The molecule has 4 amide bonds.